The third-order valence-electron chi connectivity index (χ3n) is 9.54. The Labute approximate surface area is 303 Å². The summed E-state index contributed by atoms with van der Waals surface area (Å²) in [4.78, 5) is 15.1. The van der Waals surface area contributed by atoms with Crippen LogP contribution in [-0.2, 0) is 0 Å². The molecule has 52 heavy (non-hydrogen) atoms. The van der Waals surface area contributed by atoms with Crippen molar-refractivity contribution < 1.29 is 0 Å². The van der Waals surface area contributed by atoms with E-state index in [0.29, 0.717) is 17.5 Å². The maximum absolute atomic E-state index is 5.08. The molecule has 9 rings (SSSR count). The number of nitrogens with zero attached hydrogens (tertiary/aromatic N) is 3. The lowest BCUT2D eigenvalue weighted by molar-refractivity contribution is 1.07. The van der Waals surface area contributed by atoms with Crippen LogP contribution in [-0.4, -0.2) is 15.0 Å². The van der Waals surface area contributed by atoms with Gasteiger partial charge in [0.15, 0.2) is 17.5 Å². The van der Waals surface area contributed by atoms with Crippen molar-refractivity contribution in [1.29, 1.82) is 0 Å². The molecule has 1 aromatic heterocycles. The topological polar surface area (TPSA) is 38.7 Å². The molecule has 1 heterocycles. The highest BCUT2D eigenvalue weighted by molar-refractivity contribution is 5.93. The molecule has 0 amide bonds. The standard InChI is InChI=1S/C49H33N3/c1-4-13-34(14-5-1)37-23-26-39(27-24-37)48-50-47(38-18-8-3-9-19-38)51-49(52-48)44-22-12-21-42(32-44)45-30-29-41(35-15-6-2-7-16-35)33-46(45)43-28-25-36-17-10-11-20-40(36)31-43/h1-33H. The lowest BCUT2D eigenvalue weighted by atomic mass is 9.89. The van der Waals surface area contributed by atoms with E-state index in [4.69, 9.17) is 15.0 Å². The highest BCUT2D eigenvalue weighted by atomic mass is 15.0. The predicted molar refractivity (Wildman–Crippen MR) is 215 cm³/mol. The molecule has 0 fully saturated rings. The van der Waals surface area contributed by atoms with Gasteiger partial charge in [0.2, 0.25) is 0 Å². The first kappa shape index (κ1) is 31.0. The molecule has 0 bridgehead atoms. The van der Waals surface area contributed by atoms with Crippen molar-refractivity contribution >= 4 is 10.8 Å². The van der Waals surface area contributed by atoms with Gasteiger partial charge in [-0.05, 0) is 73.5 Å². The molecule has 0 spiro atoms. The Hall–Kier alpha value is -6.97. The van der Waals surface area contributed by atoms with Gasteiger partial charge in [0, 0.05) is 16.7 Å². The zero-order valence-corrected chi connectivity index (χ0v) is 28.4. The van der Waals surface area contributed by atoms with Crippen LogP contribution in [0.4, 0.5) is 0 Å². The van der Waals surface area contributed by atoms with Gasteiger partial charge in [-0.25, -0.2) is 15.0 Å². The average molecular weight is 664 g/mol. The van der Waals surface area contributed by atoms with Gasteiger partial charge in [-0.2, -0.15) is 0 Å². The van der Waals surface area contributed by atoms with Gasteiger partial charge in [-0.3, -0.25) is 0 Å². The summed E-state index contributed by atoms with van der Waals surface area (Å²) >= 11 is 0. The summed E-state index contributed by atoms with van der Waals surface area (Å²) < 4.78 is 0. The van der Waals surface area contributed by atoms with Crippen molar-refractivity contribution in [3.8, 4) is 78.7 Å². The molecule has 0 aliphatic heterocycles. The van der Waals surface area contributed by atoms with Crippen LogP contribution in [0, 0.1) is 0 Å². The average Bonchev–Trinajstić information content (AvgIpc) is 3.24. The van der Waals surface area contributed by atoms with E-state index < -0.39 is 0 Å². The van der Waals surface area contributed by atoms with E-state index in [0.717, 1.165) is 33.4 Å². The van der Waals surface area contributed by atoms with Gasteiger partial charge in [-0.1, -0.05) is 182 Å². The molecule has 0 radical (unpaired) electrons. The van der Waals surface area contributed by atoms with E-state index in [1.165, 1.54) is 38.6 Å². The van der Waals surface area contributed by atoms with Crippen molar-refractivity contribution in [2.24, 2.45) is 0 Å². The minimum atomic E-state index is 0.631. The van der Waals surface area contributed by atoms with Crippen molar-refractivity contribution in [3.63, 3.8) is 0 Å². The van der Waals surface area contributed by atoms with Gasteiger partial charge in [0.25, 0.3) is 0 Å². The van der Waals surface area contributed by atoms with E-state index in [9.17, 15) is 0 Å². The maximum Gasteiger partial charge on any atom is 0.164 e. The quantitative estimate of drug-likeness (QED) is 0.170. The summed E-state index contributed by atoms with van der Waals surface area (Å²) in [5, 5.41) is 2.44. The first-order valence-electron chi connectivity index (χ1n) is 17.5. The van der Waals surface area contributed by atoms with Gasteiger partial charge < -0.3 is 0 Å². The fourth-order valence-electron chi connectivity index (χ4n) is 6.82. The molecule has 3 nitrogen and oxygen atoms in total. The molecule has 0 saturated carbocycles. The molecule has 8 aromatic carbocycles. The minimum absolute atomic E-state index is 0.631. The smallest absolute Gasteiger partial charge is 0.164 e. The van der Waals surface area contributed by atoms with Crippen LogP contribution in [0.1, 0.15) is 0 Å². The summed E-state index contributed by atoms with van der Waals surface area (Å²) in [5.41, 5.74) is 12.1. The van der Waals surface area contributed by atoms with Crippen LogP contribution in [0.3, 0.4) is 0 Å². The van der Waals surface area contributed by atoms with Crippen LogP contribution in [0.25, 0.3) is 89.4 Å². The zero-order chi connectivity index (χ0) is 34.7. The lowest BCUT2D eigenvalue weighted by Crippen LogP contribution is -2.00. The molecule has 0 aliphatic rings. The third-order valence-corrected chi connectivity index (χ3v) is 9.54. The fourth-order valence-corrected chi connectivity index (χ4v) is 6.82. The monoisotopic (exact) mass is 663 g/mol. The number of fused-ring (bicyclic) bond motifs is 1. The molecule has 0 aliphatic carbocycles. The molecule has 0 atom stereocenters. The first-order chi connectivity index (χ1) is 25.7. The Morgan fingerprint density at radius 1 is 0.212 bits per heavy atom. The fraction of sp³-hybridized carbons (Fsp3) is 0. The van der Waals surface area contributed by atoms with Crippen molar-refractivity contribution in [3.05, 3.63) is 200 Å². The Balaban J connectivity index is 1.17. The van der Waals surface area contributed by atoms with Gasteiger partial charge in [0.1, 0.15) is 0 Å². The van der Waals surface area contributed by atoms with E-state index >= 15 is 0 Å². The molecule has 244 valence electrons. The SMILES string of the molecule is c1ccc(-c2ccc(-c3nc(-c4ccccc4)nc(-c4cccc(-c5ccc(-c6ccccc6)cc5-c5ccc6ccccc6c5)c4)n3)cc2)cc1. The number of hydrogen-bond acceptors (Lipinski definition) is 3. The van der Waals surface area contributed by atoms with E-state index in [2.05, 4.69) is 164 Å². The number of hydrogen-bond donors (Lipinski definition) is 0. The highest BCUT2D eigenvalue weighted by Crippen LogP contribution is 2.38. The Kier molecular flexibility index (Phi) is 8.20. The summed E-state index contributed by atoms with van der Waals surface area (Å²) in [6, 6.07) is 70.1. The van der Waals surface area contributed by atoms with Gasteiger partial charge >= 0.3 is 0 Å². The number of benzene rings is 8. The lowest BCUT2D eigenvalue weighted by Gasteiger charge is -2.15. The second-order valence-corrected chi connectivity index (χ2v) is 12.9. The van der Waals surface area contributed by atoms with Crippen LogP contribution >= 0.6 is 0 Å². The summed E-state index contributed by atoms with van der Waals surface area (Å²) in [6.45, 7) is 0. The van der Waals surface area contributed by atoms with Crippen molar-refractivity contribution in [2.75, 3.05) is 0 Å². The largest absolute Gasteiger partial charge is 0.208 e. The Bertz CT molecular complexity index is 2650. The predicted octanol–water partition coefficient (Wildman–Crippen LogP) is 12.7. The molecule has 3 heteroatoms. The minimum Gasteiger partial charge on any atom is -0.208 e. The van der Waals surface area contributed by atoms with Gasteiger partial charge in [-0.15, -0.1) is 0 Å². The van der Waals surface area contributed by atoms with Crippen LogP contribution < -0.4 is 0 Å². The van der Waals surface area contributed by atoms with Crippen LogP contribution in [0.15, 0.2) is 200 Å². The highest BCUT2D eigenvalue weighted by Gasteiger charge is 2.16. The molecule has 0 unspecified atom stereocenters. The normalized spacial score (nSPS) is 11.1. The van der Waals surface area contributed by atoms with Crippen LogP contribution in [0.5, 0.6) is 0 Å². The molecule has 0 N–H and O–H groups in total. The second kappa shape index (κ2) is 13.7. The number of rotatable bonds is 7. The molecular formula is C49H33N3. The second-order valence-electron chi connectivity index (χ2n) is 12.9. The van der Waals surface area contributed by atoms with E-state index in [-0.39, 0.29) is 0 Å². The molecule has 0 saturated heterocycles. The Morgan fingerprint density at radius 3 is 1.31 bits per heavy atom. The summed E-state index contributed by atoms with van der Waals surface area (Å²) in [5.74, 6) is 1.91. The number of aromatic nitrogens is 3. The first-order valence-corrected chi connectivity index (χ1v) is 17.5. The van der Waals surface area contributed by atoms with E-state index in [1.807, 2.05) is 36.4 Å². The maximum atomic E-state index is 5.08. The molecular weight excluding hydrogens is 631 g/mol. The third kappa shape index (κ3) is 6.28. The van der Waals surface area contributed by atoms with Crippen LogP contribution in [0.2, 0.25) is 0 Å². The van der Waals surface area contributed by atoms with E-state index in [1.54, 1.807) is 0 Å². The van der Waals surface area contributed by atoms with Crippen molar-refractivity contribution in [1.82, 2.24) is 15.0 Å². The Morgan fingerprint density at radius 2 is 0.635 bits per heavy atom. The summed E-state index contributed by atoms with van der Waals surface area (Å²) in [6.07, 6.45) is 0. The van der Waals surface area contributed by atoms with Crippen molar-refractivity contribution in [2.45, 2.75) is 0 Å². The zero-order valence-electron chi connectivity index (χ0n) is 28.4. The summed E-state index contributed by atoms with van der Waals surface area (Å²) in [7, 11) is 0. The molecule has 9 aromatic rings. The van der Waals surface area contributed by atoms with Gasteiger partial charge in [0.05, 0.1) is 0 Å².